The zero-order valence-corrected chi connectivity index (χ0v) is 12.9. The Hall–Kier alpha value is -2.75. The number of hydrogen-bond acceptors (Lipinski definition) is 3. The van der Waals surface area contributed by atoms with Gasteiger partial charge in [0.1, 0.15) is 5.82 Å². The van der Waals surface area contributed by atoms with Gasteiger partial charge in [-0.25, -0.2) is 4.98 Å². The number of pyridine rings is 1. The van der Waals surface area contributed by atoms with Crippen LogP contribution in [0.3, 0.4) is 0 Å². The van der Waals surface area contributed by atoms with Crippen LogP contribution in [0.2, 0.25) is 0 Å². The molecule has 1 aromatic carbocycles. The van der Waals surface area contributed by atoms with E-state index >= 15 is 0 Å². The summed E-state index contributed by atoms with van der Waals surface area (Å²) in [6, 6.07) is 11.6. The molecule has 1 atom stereocenters. The van der Waals surface area contributed by atoms with Gasteiger partial charge in [-0.1, -0.05) is 25.1 Å². The molecule has 0 saturated carbocycles. The van der Waals surface area contributed by atoms with E-state index in [1.807, 2.05) is 53.1 Å². The van der Waals surface area contributed by atoms with E-state index in [-0.39, 0.29) is 5.56 Å². The summed E-state index contributed by atoms with van der Waals surface area (Å²) in [6.07, 6.45) is 6.60. The van der Waals surface area contributed by atoms with Crippen LogP contribution in [-0.4, -0.2) is 14.5 Å². The van der Waals surface area contributed by atoms with Gasteiger partial charge in [0.2, 0.25) is 0 Å². The van der Waals surface area contributed by atoms with Gasteiger partial charge in [-0.3, -0.25) is 14.3 Å². The van der Waals surface area contributed by atoms with Crippen LogP contribution in [0.1, 0.15) is 24.0 Å². The van der Waals surface area contributed by atoms with Gasteiger partial charge in [0, 0.05) is 19.2 Å². The molecule has 0 radical (unpaired) electrons. The van der Waals surface area contributed by atoms with Gasteiger partial charge in [0.05, 0.1) is 16.6 Å². The van der Waals surface area contributed by atoms with Crippen molar-refractivity contribution < 1.29 is 0 Å². The van der Waals surface area contributed by atoms with Crippen LogP contribution in [0.15, 0.2) is 47.4 Å². The normalized spacial score (nSPS) is 17.0. The minimum Gasteiger partial charge on any atom is -0.296 e. The molecular formula is C19H17N3O. The first-order valence-corrected chi connectivity index (χ1v) is 7.83. The van der Waals surface area contributed by atoms with E-state index in [0.717, 1.165) is 35.6 Å². The number of benzene rings is 1. The monoisotopic (exact) mass is 303 g/mol. The second-order valence-electron chi connectivity index (χ2n) is 6.12. The Morgan fingerprint density at radius 3 is 2.96 bits per heavy atom. The van der Waals surface area contributed by atoms with Crippen molar-refractivity contribution >= 4 is 23.1 Å². The molecule has 0 saturated heterocycles. The van der Waals surface area contributed by atoms with Crippen molar-refractivity contribution in [1.82, 2.24) is 14.5 Å². The molecule has 1 aliphatic heterocycles. The largest absolute Gasteiger partial charge is 0.296 e. The molecular weight excluding hydrogens is 286 g/mol. The molecule has 0 fully saturated rings. The van der Waals surface area contributed by atoms with E-state index in [4.69, 9.17) is 4.98 Å². The third-order valence-corrected chi connectivity index (χ3v) is 4.22. The molecule has 3 aromatic rings. The molecule has 23 heavy (non-hydrogen) atoms. The van der Waals surface area contributed by atoms with Crippen molar-refractivity contribution in [3.05, 3.63) is 70.0 Å². The van der Waals surface area contributed by atoms with Crippen molar-refractivity contribution in [2.24, 2.45) is 5.92 Å². The molecule has 0 aliphatic carbocycles. The lowest BCUT2D eigenvalue weighted by molar-refractivity contribution is 0.558. The molecule has 0 amide bonds. The molecule has 4 heteroatoms. The van der Waals surface area contributed by atoms with Crippen LogP contribution in [0.4, 0.5) is 0 Å². The first-order chi connectivity index (χ1) is 11.2. The van der Waals surface area contributed by atoms with Gasteiger partial charge in [-0.05, 0) is 41.8 Å². The molecule has 0 spiro atoms. The minimum atomic E-state index is 0.0783. The summed E-state index contributed by atoms with van der Waals surface area (Å²) in [7, 11) is 0. The molecule has 2 aromatic heterocycles. The lowest BCUT2D eigenvalue weighted by Crippen LogP contribution is -2.21. The fourth-order valence-electron chi connectivity index (χ4n) is 3.08. The minimum absolute atomic E-state index is 0.0783. The maximum Gasteiger partial charge on any atom is 0.261 e. The Morgan fingerprint density at radius 1 is 1.22 bits per heavy atom. The van der Waals surface area contributed by atoms with Gasteiger partial charge in [0.15, 0.2) is 0 Å². The Labute approximate surface area is 134 Å². The Balaban J connectivity index is 1.76. The summed E-state index contributed by atoms with van der Waals surface area (Å²) < 4.78 is 1.82. The molecule has 4 nitrogen and oxygen atoms in total. The summed E-state index contributed by atoms with van der Waals surface area (Å²) in [6.45, 7) is 2.93. The summed E-state index contributed by atoms with van der Waals surface area (Å²) in [5.74, 6) is 1.39. The zero-order chi connectivity index (χ0) is 15.8. The van der Waals surface area contributed by atoms with Gasteiger partial charge in [0.25, 0.3) is 5.56 Å². The molecule has 0 N–H and O–H groups in total. The molecule has 1 aliphatic rings. The van der Waals surface area contributed by atoms with Gasteiger partial charge in [-0.2, -0.15) is 0 Å². The van der Waals surface area contributed by atoms with Crippen LogP contribution in [0.25, 0.3) is 23.1 Å². The molecule has 0 bridgehead atoms. The number of fused-ring (bicyclic) bond motifs is 2. The van der Waals surface area contributed by atoms with E-state index in [1.54, 1.807) is 6.20 Å². The Kier molecular flexibility index (Phi) is 3.30. The average molecular weight is 303 g/mol. The van der Waals surface area contributed by atoms with Crippen LogP contribution in [0.5, 0.6) is 0 Å². The number of aromatic nitrogens is 3. The number of hydrogen-bond donors (Lipinski definition) is 0. The van der Waals surface area contributed by atoms with E-state index < -0.39 is 0 Å². The van der Waals surface area contributed by atoms with Crippen molar-refractivity contribution in [3.63, 3.8) is 0 Å². The van der Waals surface area contributed by atoms with Crippen molar-refractivity contribution in [2.75, 3.05) is 0 Å². The van der Waals surface area contributed by atoms with Crippen molar-refractivity contribution in [3.8, 4) is 0 Å². The second-order valence-corrected chi connectivity index (χ2v) is 6.12. The van der Waals surface area contributed by atoms with Crippen molar-refractivity contribution in [1.29, 1.82) is 0 Å². The van der Waals surface area contributed by atoms with Gasteiger partial charge in [-0.15, -0.1) is 0 Å². The average Bonchev–Trinajstić information content (AvgIpc) is 2.94. The maximum absolute atomic E-state index is 12.6. The number of nitrogens with zero attached hydrogens (tertiary/aromatic N) is 3. The number of rotatable bonds is 2. The van der Waals surface area contributed by atoms with E-state index in [1.165, 1.54) is 0 Å². The summed E-state index contributed by atoms with van der Waals surface area (Å²) in [5.41, 5.74) is 2.78. The first-order valence-electron chi connectivity index (χ1n) is 7.83. The Bertz CT molecular complexity index is 958. The lowest BCUT2D eigenvalue weighted by Gasteiger charge is -2.05. The smallest absolute Gasteiger partial charge is 0.261 e. The van der Waals surface area contributed by atoms with Gasteiger partial charge < -0.3 is 0 Å². The van der Waals surface area contributed by atoms with E-state index in [0.29, 0.717) is 11.3 Å². The standard InChI is InChI=1S/C19H17N3O/c1-13-10-18-21-17-11-14(5-7-15-4-2-3-9-20-15)6-8-16(17)19(23)22(18)12-13/h2-9,11,13H,10,12H2,1H3. The molecule has 3 heterocycles. The second kappa shape index (κ2) is 5.47. The predicted molar refractivity (Wildman–Crippen MR) is 92.0 cm³/mol. The highest BCUT2D eigenvalue weighted by Gasteiger charge is 2.21. The highest BCUT2D eigenvalue weighted by Crippen LogP contribution is 2.20. The molecule has 1 unspecified atom stereocenters. The maximum atomic E-state index is 12.6. The van der Waals surface area contributed by atoms with E-state index in [9.17, 15) is 4.79 Å². The van der Waals surface area contributed by atoms with Crippen LogP contribution >= 0.6 is 0 Å². The quantitative estimate of drug-likeness (QED) is 0.730. The lowest BCUT2D eigenvalue weighted by atomic mass is 10.1. The molecule has 114 valence electrons. The topological polar surface area (TPSA) is 47.8 Å². The third kappa shape index (κ3) is 2.57. The SMILES string of the molecule is CC1Cc2nc3cc(C=Cc4ccccn4)ccc3c(=O)n2C1. The highest BCUT2D eigenvalue weighted by atomic mass is 16.1. The predicted octanol–water partition coefficient (Wildman–Crippen LogP) is 3.15. The fraction of sp³-hybridized carbons (Fsp3) is 0.211. The third-order valence-electron chi connectivity index (χ3n) is 4.22. The summed E-state index contributed by atoms with van der Waals surface area (Å²) in [5, 5.41) is 0.692. The summed E-state index contributed by atoms with van der Waals surface area (Å²) >= 11 is 0. The van der Waals surface area contributed by atoms with Gasteiger partial charge >= 0.3 is 0 Å². The summed E-state index contributed by atoms with van der Waals surface area (Å²) in [4.78, 5) is 21.5. The highest BCUT2D eigenvalue weighted by molar-refractivity contribution is 5.82. The fourth-order valence-corrected chi connectivity index (χ4v) is 3.08. The Morgan fingerprint density at radius 2 is 2.13 bits per heavy atom. The van der Waals surface area contributed by atoms with Crippen LogP contribution < -0.4 is 5.56 Å². The van der Waals surface area contributed by atoms with Crippen LogP contribution in [0, 0.1) is 5.92 Å². The van der Waals surface area contributed by atoms with Crippen molar-refractivity contribution in [2.45, 2.75) is 19.9 Å². The first kappa shape index (κ1) is 13.9. The zero-order valence-electron chi connectivity index (χ0n) is 12.9. The van der Waals surface area contributed by atoms with E-state index in [2.05, 4.69) is 11.9 Å². The van der Waals surface area contributed by atoms with Crippen LogP contribution in [-0.2, 0) is 13.0 Å². The molecule has 4 rings (SSSR count).